The first-order valence-corrected chi connectivity index (χ1v) is 6.69. The second-order valence-electron chi connectivity index (χ2n) is 5.24. The number of carbonyl (C=O) groups is 3. The van der Waals surface area contributed by atoms with E-state index < -0.39 is 11.8 Å². The summed E-state index contributed by atoms with van der Waals surface area (Å²) in [6.45, 7) is 5.34. The van der Waals surface area contributed by atoms with E-state index in [1.54, 1.807) is 6.92 Å². The molecule has 6 nitrogen and oxygen atoms in total. The topological polar surface area (TPSA) is 78.9 Å². The van der Waals surface area contributed by atoms with Crippen molar-refractivity contribution in [3.63, 3.8) is 0 Å². The fraction of sp³-hybridized carbons (Fsp3) is 0.643. The van der Waals surface area contributed by atoms with Gasteiger partial charge in [-0.3, -0.25) is 9.59 Å². The Balaban J connectivity index is 1.75. The molecule has 0 aromatic heterocycles. The predicted molar refractivity (Wildman–Crippen MR) is 67.3 cm³/mol. The highest BCUT2D eigenvalue weighted by Crippen LogP contribution is 2.45. The summed E-state index contributed by atoms with van der Waals surface area (Å²) in [6, 6.07) is 0. The molecule has 2 rings (SSSR count). The summed E-state index contributed by atoms with van der Waals surface area (Å²) in [5.74, 6) is -2.32. The van der Waals surface area contributed by atoms with Gasteiger partial charge in [0.25, 0.3) is 5.79 Å². The van der Waals surface area contributed by atoms with E-state index in [-0.39, 0.29) is 37.3 Å². The van der Waals surface area contributed by atoms with Crippen molar-refractivity contribution < 1.29 is 28.6 Å². The zero-order chi connectivity index (χ0) is 14.8. The first-order valence-electron chi connectivity index (χ1n) is 6.69. The highest BCUT2D eigenvalue weighted by Gasteiger charge is 2.57. The van der Waals surface area contributed by atoms with E-state index in [2.05, 4.69) is 6.58 Å². The van der Waals surface area contributed by atoms with Crippen LogP contribution in [-0.4, -0.2) is 30.3 Å². The van der Waals surface area contributed by atoms with Crippen molar-refractivity contribution in [2.45, 2.75) is 44.8 Å². The highest BCUT2D eigenvalue weighted by molar-refractivity contribution is 5.86. The first-order chi connectivity index (χ1) is 9.43. The molecular weight excluding hydrogens is 264 g/mol. The molecule has 0 aliphatic carbocycles. The Morgan fingerprint density at radius 2 is 1.90 bits per heavy atom. The van der Waals surface area contributed by atoms with E-state index in [1.807, 2.05) is 0 Å². The lowest BCUT2D eigenvalue weighted by Gasteiger charge is -2.25. The number of hydrogen-bond donors (Lipinski definition) is 0. The van der Waals surface area contributed by atoms with Gasteiger partial charge in [0.15, 0.2) is 0 Å². The minimum Gasteiger partial charge on any atom is -0.462 e. The molecule has 2 aliphatic rings. The van der Waals surface area contributed by atoms with Crippen molar-refractivity contribution in [1.82, 2.24) is 0 Å². The van der Waals surface area contributed by atoms with Gasteiger partial charge in [-0.25, -0.2) is 4.79 Å². The number of esters is 3. The predicted octanol–water partition coefficient (Wildman–Crippen LogP) is 1.48. The number of carbonyl (C=O) groups excluding carboxylic acids is 3. The Labute approximate surface area is 117 Å². The van der Waals surface area contributed by atoms with Crippen LogP contribution in [0.1, 0.15) is 39.0 Å². The molecule has 0 bridgehead atoms. The van der Waals surface area contributed by atoms with Gasteiger partial charge < -0.3 is 14.2 Å². The van der Waals surface area contributed by atoms with Crippen LogP contribution in [0.4, 0.5) is 0 Å². The summed E-state index contributed by atoms with van der Waals surface area (Å²) in [7, 11) is 0. The Hall–Kier alpha value is -1.85. The van der Waals surface area contributed by atoms with Gasteiger partial charge in [-0.2, -0.15) is 0 Å². The summed E-state index contributed by atoms with van der Waals surface area (Å²) in [4.78, 5) is 33.8. The second kappa shape index (κ2) is 5.64. The normalized spacial score (nSPS) is 27.8. The van der Waals surface area contributed by atoms with Crippen LogP contribution in [0.25, 0.3) is 0 Å². The third kappa shape index (κ3) is 3.00. The molecule has 0 unspecified atom stereocenters. The Kier molecular flexibility index (Phi) is 4.11. The van der Waals surface area contributed by atoms with E-state index in [0.717, 1.165) is 0 Å². The molecule has 0 aromatic carbocycles. The molecule has 0 amide bonds. The molecule has 0 saturated carbocycles. The quantitative estimate of drug-likeness (QED) is 0.417. The van der Waals surface area contributed by atoms with Gasteiger partial charge in [0.1, 0.15) is 0 Å². The van der Waals surface area contributed by atoms with Gasteiger partial charge >= 0.3 is 17.9 Å². The standard InChI is InChI=1S/C14H18O6/c1-9(2)13(17)18-6-4-3-5-14-10(7-11(15)19-14)8-12(16)20-14/h10H,1,3-8H2,2H3. The summed E-state index contributed by atoms with van der Waals surface area (Å²) in [5.41, 5.74) is 0.359. The first kappa shape index (κ1) is 14.6. The maximum Gasteiger partial charge on any atom is 0.333 e. The molecule has 2 fully saturated rings. The lowest BCUT2D eigenvalue weighted by atomic mass is 9.93. The van der Waals surface area contributed by atoms with Gasteiger partial charge in [0.05, 0.1) is 25.4 Å². The number of ether oxygens (including phenoxy) is 3. The summed E-state index contributed by atoms with van der Waals surface area (Å²) < 4.78 is 15.4. The zero-order valence-corrected chi connectivity index (χ0v) is 11.5. The highest BCUT2D eigenvalue weighted by atomic mass is 16.7. The molecule has 110 valence electrons. The Morgan fingerprint density at radius 1 is 1.30 bits per heavy atom. The van der Waals surface area contributed by atoms with Crippen LogP contribution in [0.5, 0.6) is 0 Å². The van der Waals surface area contributed by atoms with E-state index in [1.165, 1.54) is 0 Å². The van der Waals surface area contributed by atoms with Crippen molar-refractivity contribution in [3.8, 4) is 0 Å². The molecule has 2 heterocycles. The van der Waals surface area contributed by atoms with Crippen LogP contribution in [0, 0.1) is 5.92 Å². The zero-order valence-electron chi connectivity index (χ0n) is 11.5. The van der Waals surface area contributed by atoms with Crippen LogP contribution in [0.15, 0.2) is 12.2 Å². The molecule has 2 saturated heterocycles. The van der Waals surface area contributed by atoms with E-state index in [0.29, 0.717) is 24.8 Å². The van der Waals surface area contributed by atoms with Crippen molar-refractivity contribution in [2.75, 3.05) is 6.61 Å². The van der Waals surface area contributed by atoms with E-state index in [4.69, 9.17) is 14.2 Å². The fourth-order valence-electron chi connectivity index (χ4n) is 2.51. The fourth-order valence-corrected chi connectivity index (χ4v) is 2.51. The maximum absolute atomic E-state index is 11.3. The molecule has 0 aromatic rings. The maximum atomic E-state index is 11.3. The lowest BCUT2D eigenvalue weighted by molar-refractivity contribution is -0.208. The van der Waals surface area contributed by atoms with Gasteiger partial charge in [0.2, 0.25) is 0 Å². The van der Waals surface area contributed by atoms with Crippen LogP contribution >= 0.6 is 0 Å². The third-order valence-corrected chi connectivity index (χ3v) is 3.52. The average Bonchev–Trinajstić information content (AvgIpc) is 2.79. The van der Waals surface area contributed by atoms with Crippen LogP contribution in [0.2, 0.25) is 0 Å². The molecule has 0 radical (unpaired) electrons. The summed E-state index contributed by atoms with van der Waals surface area (Å²) in [6.07, 6.45) is 2.16. The van der Waals surface area contributed by atoms with E-state index in [9.17, 15) is 14.4 Å². The number of rotatable bonds is 6. The van der Waals surface area contributed by atoms with Gasteiger partial charge in [-0.05, 0) is 19.8 Å². The van der Waals surface area contributed by atoms with Crippen molar-refractivity contribution >= 4 is 17.9 Å². The van der Waals surface area contributed by atoms with Crippen molar-refractivity contribution in [1.29, 1.82) is 0 Å². The van der Waals surface area contributed by atoms with Gasteiger partial charge in [-0.1, -0.05) is 6.58 Å². The average molecular weight is 282 g/mol. The Morgan fingerprint density at radius 3 is 2.45 bits per heavy atom. The van der Waals surface area contributed by atoms with Crippen molar-refractivity contribution in [3.05, 3.63) is 12.2 Å². The monoisotopic (exact) mass is 282 g/mol. The third-order valence-electron chi connectivity index (χ3n) is 3.52. The minimum absolute atomic E-state index is 0.180. The summed E-state index contributed by atoms with van der Waals surface area (Å²) in [5, 5.41) is 0. The lowest BCUT2D eigenvalue weighted by Crippen LogP contribution is -2.33. The van der Waals surface area contributed by atoms with Crippen LogP contribution in [-0.2, 0) is 28.6 Å². The molecule has 0 atom stereocenters. The number of hydrogen-bond acceptors (Lipinski definition) is 6. The second-order valence-corrected chi connectivity index (χ2v) is 5.24. The van der Waals surface area contributed by atoms with Gasteiger partial charge in [0, 0.05) is 12.0 Å². The molecule has 2 aliphatic heterocycles. The molecule has 0 spiro atoms. The van der Waals surface area contributed by atoms with Crippen molar-refractivity contribution in [2.24, 2.45) is 5.92 Å². The van der Waals surface area contributed by atoms with Gasteiger partial charge in [-0.15, -0.1) is 0 Å². The SMILES string of the molecule is C=C(C)C(=O)OCCCCC12OC(=O)CC1CC(=O)O2. The number of fused-ring (bicyclic) bond motifs is 1. The Bertz CT molecular complexity index is 433. The molecule has 20 heavy (non-hydrogen) atoms. The largest absolute Gasteiger partial charge is 0.462 e. The number of unbranched alkanes of at least 4 members (excludes halogenated alkanes) is 1. The molecular formula is C14H18O6. The van der Waals surface area contributed by atoms with E-state index >= 15 is 0 Å². The molecule has 0 N–H and O–H groups in total. The van der Waals surface area contributed by atoms with Crippen LogP contribution in [0.3, 0.4) is 0 Å². The molecule has 6 heteroatoms. The summed E-state index contributed by atoms with van der Waals surface area (Å²) >= 11 is 0. The van der Waals surface area contributed by atoms with Crippen LogP contribution < -0.4 is 0 Å². The smallest absolute Gasteiger partial charge is 0.333 e. The minimum atomic E-state index is -1.08.